The second-order valence-corrected chi connectivity index (χ2v) is 7.14. The van der Waals surface area contributed by atoms with Crippen LogP contribution in [0.2, 0.25) is 0 Å². The van der Waals surface area contributed by atoms with E-state index in [0.717, 1.165) is 42.6 Å². The number of hydrogen-bond donors (Lipinski definition) is 1. The van der Waals surface area contributed by atoms with Gasteiger partial charge in [-0.25, -0.2) is 0 Å². The molecule has 3 unspecified atom stereocenters. The van der Waals surface area contributed by atoms with Crippen LogP contribution in [0.1, 0.15) is 47.1 Å². The molecule has 1 saturated heterocycles. The van der Waals surface area contributed by atoms with E-state index < -0.39 is 11.7 Å². The number of phenols is 1. The quantitative estimate of drug-likeness (QED) is 0.790. The molecule has 0 saturated carbocycles. The molecule has 1 N–H and O–H groups in total. The highest BCUT2D eigenvalue weighted by Gasteiger charge is 2.45. The van der Waals surface area contributed by atoms with Crippen LogP contribution in [-0.4, -0.2) is 23.6 Å². The highest BCUT2D eigenvalue weighted by molar-refractivity contribution is 5.49. The van der Waals surface area contributed by atoms with Crippen molar-refractivity contribution in [3.8, 4) is 5.75 Å². The molecule has 2 aromatic rings. The van der Waals surface area contributed by atoms with Crippen molar-refractivity contribution in [1.82, 2.24) is 4.90 Å². The van der Waals surface area contributed by atoms with Crippen molar-refractivity contribution >= 4 is 0 Å². The molecule has 0 amide bonds. The molecule has 0 bridgehead atoms. The molecule has 132 valence electrons. The first-order valence-corrected chi connectivity index (χ1v) is 8.56. The Balaban J connectivity index is 1.79. The van der Waals surface area contributed by atoms with Crippen LogP contribution in [0, 0.1) is 5.92 Å². The number of halogens is 3. The number of rotatable bonds is 1. The SMILES string of the molecule is CN1CCCC2C(c3ccc(C(F)(F)F)cc3)c3cc(O)ccc3C21. The third kappa shape index (κ3) is 2.71. The van der Waals surface area contributed by atoms with Crippen LogP contribution >= 0.6 is 0 Å². The van der Waals surface area contributed by atoms with Gasteiger partial charge in [-0.2, -0.15) is 13.2 Å². The molecule has 0 spiro atoms. The smallest absolute Gasteiger partial charge is 0.416 e. The van der Waals surface area contributed by atoms with Crippen molar-refractivity contribution in [2.24, 2.45) is 5.92 Å². The maximum Gasteiger partial charge on any atom is 0.416 e. The minimum Gasteiger partial charge on any atom is -0.508 e. The zero-order valence-electron chi connectivity index (χ0n) is 13.9. The summed E-state index contributed by atoms with van der Waals surface area (Å²) in [5.41, 5.74) is 2.50. The van der Waals surface area contributed by atoms with Gasteiger partial charge in [0.05, 0.1) is 5.56 Å². The number of nitrogens with zero attached hydrogens (tertiary/aromatic N) is 1. The van der Waals surface area contributed by atoms with E-state index >= 15 is 0 Å². The second-order valence-electron chi connectivity index (χ2n) is 7.14. The molecule has 0 radical (unpaired) electrons. The van der Waals surface area contributed by atoms with Gasteiger partial charge in [-0.05, 0) is 73.3 Å². The summed E-state index contributed by atoms with van der Waals surface area (Å²) in [5, 5.41) is 9.95. The largest absolute Gasteiger partial charge is 0.508 e. The molecule has 1 heterocycles. The molecule has 1 fully saturated rings. The van der Waals surface area contributed by atoms with Gasteiger partial charge in [0.25, 0.3) is 0 Å². The maximum atomic E-state index is 12.9. The first kappa shape index (κ1) is 16.5. The van der Waals surface area contributed by atoms with Crippen LogP contribution in [0.4, 0.5) is 13.2 Å². The Morgan fingerprint density at radius 3 is 2.44 bits per heavy atom. The van der Waals surface area contributed by atoms with E-state index in [1.807, 2.05) is 6.07 Å². The van der Waals surface area contributed by atoms with Crippen molar-refractivity contribution in [3.63, 3.8) is 0 Å². The molecule has 5 heteroatoms. The lowest BCUT2D eigenvalue weighted by molar-refractivity contribution is -0.137. The van der Waals surface area contributed by atoms with Gasteiger partial charge < -0.3 is 5.11 Å². The third-order valence-electron chi connectivity index (χ3n) is 5.68. The number of fused-ring (bicyclic) bond motifs is 3. The van der Waals surface area contributed by atoms with E-state index in [1.54, 1.807) is 24.3 Å². The number of phenolic OH excluding ortho intramolecular Hbond substituents is 1. The third-order valence-corrected chi connectivity index (χ3v) is 5.68. The van der Waals surface area contributed by atoms with E-state index in [2.05, 4.69) is 11.9 Å². The minimum atomic E-state index is -4.32. The summed E-state index contributed by atoms with van der Waals surface area (Å²) in [6.45, 7) is 1.02. The molecular formula is C20H20F3NO. The summed E-state index contributed by atoms with van der Waals surface area (Å²) in [6, 6.07) is 11.2. The summed E-state index contributed by atoms with van der Waals surface area (Å²) in [6.07, 6.45) is -2.21. The van der Waals surface area contributed by atoms with E-state index in [0.29, 0.717) is 5.92 Å². The first-order chi connectivity index (χ1) is 11.9. The molecule has 1 aliphatic carbocycles. The molecule has 1 aliphatic heterocycles. The molecular weight excluding hydrogens is 327 g/mol. The molecule has 25 heavy (non-hydrogen) atoms. The first-order valence-electron chi connectivity index (χ1n) is 8.56. The van der Waals surface area contributed by atoms with E-state index in [-0.39, 0.29) is 17.7 Å². The number of hydrogen-bond acceptors (Lipinski definition) is 2. The normalized spacial score (nSPS) is 26.3. The van der Waals surface area contributed by atoms with Gasteiger partial charge in [0.2, 0.25) is 0 Å². The molecule has 3 atom stereocenters. The Kier molecular flexibility index (Phi) is 3.80. The van der Waals surface area contributed by atoms with E-state index in [4.69, 9.17) is 0 Å². The van der Waals surface area contributed by atoms with Gasteiger partial charge in [0.1, 0.15) is 5.75 Å². The molecule has 2 aliphatic rings. The van der Waals surface area contributed by atoms with Gasteiger partial charge in [0.15, 0.2) is 0 Å². The summed E-state index contributed by atoms with van der Waals surface area (Å²) in [4.78, 5) is 2.33. The number of likely N-dealkylation sites (tertiary alicyclic amines) is 1. The van der Waals surface area contributed by atoms with Crippen LogP contribution in [0.25, 0.3) is 0 Å². The molecule has 2 nitrogen and oxygen atoms in total. The second kappa shape index (κ2) is 5.77. The zero-order valence-corrected chi connectivity index (χ0v) is 13.9. The van der Waals surface area contributed by atoms with Crippen molar-refractivity contribution in [2.75, 3.05) is 13.6 Å². The highest BCUT2D eigenvalue weighted by Crippen LogP contribution is 2.55. The van der Waals surface area contributed by atoms with E-state index in [1.165, 1.54) is 5.56 Å². The van der Waals surface area contributed by atoms with Crippen molar-refractivity contribution in [1.29, 1.82) is 0 Å². The lowest BCUT2D eigenvalue weighted by atomic mass is 9.80. The number of aromatic hydroxyl groups is 1. The van der Waals surface area contributed by atoms with Gasteiger partial charge in [-0.1, -0.05) is 18.2 Å². The Bertz CT molecular complexity index is 785. The maximum absolute atomic E-state index is 12.9. The standard InChI is InChI=1S/C20H20F3NO/c1-24-10-2-3-16-18(12-4-6-13(7-5-12)20(21,22)23)17-11-14(25)8-9-15(17)19(16)24/h4-9,11,16,18-19,25H,2-3,10H2,1H3. The van der Waals surface area contributed by atoms with E-state index in [9.17, 15) is 18.3 Å². The van der Waals surface area contributed by atoms with Crippen LogP contribution in [0.15, 0.2) is 42.5 Å². The summed E-state index contributed by atoms with van der Waals surface area (Å²) >= 11 is 0. The van der Waals surface area contributed by atoms with Gasteiger partial charge in [0, 0.05) is 12.0 Å². The van der Waals surface area contributed by atoms with Crippen molar-refractivity contribution in [2.45, 2.75) is 31.0 Å². The Hall–Kier alpha value is -2.01. The number of benzene rings is 2. The van der Waals surface area contributed by atoms with Crippen LogP contribution in [0.3, 0.4) is 0 Å². The predicted octanol–water partition coefficient (Wildman–Crippen LogP) is 4.94. The summed E-state index contributed by atoms with van der Waals surface area (Å²) in [7, 11) is 2.10. The average molecular weight is 347 g/mol. The topological polar surface area (TPSA) is 23.5 Å². The minimum absolute atomic E-state index is 0.0251. The highest BCUT2D eigenvalue weighted by atomic mass is 19.4. The Labute approximate surface area is 144 Å². The predicted molar refractivity (Wildman–Crippen MR) is 89.5 cm³/mol. The zero-order chi connectivity index (χ0) is 17.8. The van der Waals surface area contributed by atoms with Crippen molar-refractivity contribution < 1.29 is 18.3 Å². The molecule has 4 rings (SSSR count). The number of alkyl halides is 3. The summed E-state index contributed by atoms with van der Waals surface area (Å²) in [5.74, 6) is 0.557. The lowest BCUT2D eigenvalue weighted by Gasteiger charge is -2.37. The monoisotopic (exact) mass is 347 g/mol. The van der Waals surface area contributed by atoms with Crippen LogP contribution in [0.5, 0.6) is 5.75 Å². The van der Waals surface area contributed by atoms with Gasteiger partial charge >= 0.3 is 6.18 Å². The Morgan fingerprint density at radius 2 is 1.76 bits per heavy atom. The average Bonchev–Trinajstić information content (AvgIpc) is 2.88. The molecule has 0 aromatic heterocycles. The fraction of sp³-hybridized carbons (Fsp3) is 0.400. The fourth-order valence-electron chi connectivity index (χ4n) is 4.65. The van der Waals surface area contributed by atoms with Gasteiger partial charge in [-0.15, -0.1) is 0 Å². The van der Waals surface area contributed by atoms with Crippen LogP contribution < -0.4 is 0 Å². The van der Waals surface area contributed by atoms with Gasteiger partial charge in [-0.3, -0.25) is 4.90 Å². The van der Waals surface area contributed by atoms with Crippen LogP contribution in [-0.2, 0) is 6.18 Å². The lowest BCUT2D eigenvalue weighted by Crippen LogP contribution is -2.34. The fourth-order valence-corrected chi connectivity index (χ4v) is 4.65. The molecule has 2 aromatic carbocycles. The summed E-state index contributed by atoms with van der Waals surface area (Å²) < 4.78 is 38.6. The number of piperidine rings is 1. The van der Waals surface area contributed by atoms with Crippen molar-refractivity contribution in [3.05, 3.63) is 64.7 Å². The Morgan fingerprint density at radius 1 is 1.04 bits per heavy atom.